The van der Waals surface area contributed by atoms with Crippen LogP contribution in [0.3, 0.4) is 0 Å². The van der Waals surface area contributed by atoms with Crippen LogP contribution in [-0.4, -0.2) is 49.6 Å². The smallest absolute Gasteiger partial charge is 0.410 e. The number of amides is 1. The second-order valence-corrected chi connectivity index (χ2v) is 12.3. The minimum atomic E-state index is -0.484. The molecule has 224 valence electrons. The Morgan fingerprint density at radius 3 is 2.48 bits per heavy atom. The molecule has 44 heavy (non-hydrogen) atoms. The third kappa shape index (κ3) is 7.02. The van der Waals surface area contributed by atoms with Gasteiger partial charge in [0.15, 0.2) is 5.82 Å². The van der Waals surface area contributed by atoms with Gasteiger partial charge in [0.25, 0.3) is 0 Å². The summed E-state index contributed by atoms with van der Waals surface area (Å²) in [5.41, 5.74) is 5.50. The number of anilines is 1. The average Bonchev–Trinajstić information content (AvgIpc) is 3.04. The molecule has 0 bridgehead atoms. The second kappa shape index (κ2) is 12.8. The van der Waals surface area contributed by atoms with Crippen molar-refractivity contribution in [1.82, 2.24) is 24.8 Å². The van der Waals surface area contributed by atoms with Crippen LogP contribution in [0.2, 0.25) is 0 Å². The molecule has 0 spiro atoms. The van der Waals surface area contributed by atoms with Gasteiger partial charge in [-0.1, -0.05) is 48.5 Å². The standard InChI is InChI=1S/C36H38N6O2/c1-36(2,3)44-35(43)42-18-15-25(16-19-42)20-26-21-28(23-37-22-26)33-40-31-14-9-13-30(27-10-5-4-6-11-27)32(31)34(41-33)39-24-29-12-7-8-17-38-29/h4-14,17,21-23,25H,15-16,18-20,24H2,1-3H3,(H,39,40,41). The predicted octanol–water partition coefficient (Wildman–Crippen LogP) is 7.56. The van der Waals surface area contributed by atoms with Crippen molar-refractivity contribution in [2.75, 3.05) is 18.4 Å². The first-order valence-corrected chi connectivity index (χ1v) is 15.2. The lowest BCUT2D eigenvalue weighted by Gasteiger charge is -2.33. The fourth-order valence-corrected chi connectivity index (χ4v) is 5.68. The average molecular weight is 587 g/mol. The maximum absolute atomic E-state index is 12.5. The first kappa shape index (κ1) is 29.2. The zero-order valence-corrected chi connectivity index (χ0v) is 25.5. The molecule has 3 aromatic heterocycles. The molecule has 1 N–H and O–H groups in total. The normalized spacial score (nSPS) is 14.0. The van der Waals surface area contributed by atoms with Gasteiger partial charge in [0.05, 0.1) is 23.1 Å². The highest BCUT2D eigenvalue weighted by Crippen LogP contribution is 2.34. The number of fused-ring (bicyclic) bond motifs is 1. The lowest BCUT2D eigenvalue weighted by molar-refractivity contribution is 0.0184. The van der Waals surface area contributed by atoms with Crippen LogP contribution in [0.4, 0.5) is 10.6 Å². The SMILES string of the molecule is CC(C)(C)OC(=O)N1CCC(Cc2cncc(-c3nc(NCc4ccccn4)c4c(-c5ccccc5)cccc4n3)c2)CC1. The van der Waals surface area contributed by atoms with E-state index in [1.165, 1.54) is 0 Å². The van der Waals surface area contributed by atoms with Crippen LogP contribution in [0, 0.1) is 5.92 Å². The van der Waals surface area contributed by atoms with E-state index < -0.39 is 5.60 Å². The largest absolute Gasteiger partial charge is 0.444 e. The Morgan fingerprint density at radius 1 is 0.932 bits per heavy atom. The van der Waals surface area contributed by atoms with Gasteiger partial charge in [-0.3, -0.25) is 9.97 Å². The molecular weight excluding hydrogens is 548 g/mol. The van der Waals surface area contributed by atoms with Gasteiger partial charge in [0.2, 0.25) is 0 Å². The van der Waals surface area contributed by atoms with E-state index in [2.05, 4.69) is 39.6 Å². The highest BCUT2D eigenvalue weighted by molar-refractivity contribution is 6.02. The number of carbonyl (C=O) groups is 1. The van der Waals surface area contributed by atoms with E-state index in [1.807, 2.05) is 86.6 Å². The van der Waals surface area contributed by atoms with Gasteiger partial charge in [-0.25, -0.2) is 14.8 Å². The van der Waals surface area contributed by atoms with Crippen molar-refractivity contribution in [3.63, 3.8) is 0 Å². The summed E-state index contributed by atoms with van der Waals surface area (Å²) in [5, 5.41) is 4.53. The van der Waals surface area contributed by atoms with E-state index >= 15 is 0 Å². The monoisotopic (exact) mass is 586 g/mol. The first-order chi connectivity index (χ1) is 21.3. The van der Waals surface area contributed by atoms with E-state index in [9.17, 15) is 4.79 Å². The van der Waals surface area contributed by atoms with Crippen molar-refractivity contribution in [3.8, 4) is 22.5 Å². The van der Waals surface area contributed by atoms with E-state index in [-0.39, 0.29) is 6.09 Å². The molecule has 1 aliphatic heterocycles. The van der Waals surface area contributed by atoms with Crippen molar-refractivity contribution < 1.29 is 9.53 Å². The number of pyridine rings is 2. The fourth-order valence-electron chi connectivity index (χ4n) is 5.68. The number of benzene rings is 2. The van der Waals surface area contributed by atoms with Crippen molar-refractivity contribution >= 4 is 22.8 Å². The number of rotatable bonds is 7. The minimum Gasteiger partial charge on any atom is -0.444 e. The van der Waals surface area contributed by atoms with E-state index in [0.717, 1.165) is 63.9 Å². The summed E-state index contributed by atoms with van der Waals surface area (Å²) in [7, 11) is 0. The Balaban J connectivity index is 1.26. The maximum atomic E-state index is 12.5. The van der Waals surface area contributed by atoms with Gasteiger partial charge in [-0.2, -0.15) is 0 Å². The van der Waals surface area contributed by atoms with Gasteiger partial charge in [-0.15, -0.1) is 0 Å². The third-order valence-electron chi connectivity index (χ3n) is 7.81. The summed E-state index contributed by atoms with van der Waals surface area (Å²) in [5.74, 6) is 1.85. The molecular formula is C36H38N6O2. The molecule has 5 aromatic rings. The molecule has 0 unspecified atom stereocenters. The number of carbonyl (C=O) groups excluding carboxylic acids is 1. The summed E-state index contributed by atoms with van der Waals surface area (Å²) < 4.78 is 5.56. The number of nitrogens with one attached hydrogen (secondary N) is 1. The van der Waals surface area contributed by atoms with Crippen molar-refractivity contribution in [1.29, 1.82) is 0 Å². The summed E-state index contributed by atoms with van der Waals surface area (Å²) >= 11 is 0. The van der Waals surface area contributed by atoms with Crippen molar-refractivity contribution in [2.45, 2.75) is 52.2 Å². The molecule has 1 amide bonds. The lowest BCUT2D eigenvalue weighted by Crippen LogP contribution is -2.42. The molecule has 8 heteroatoms. The molecule has 0 saturated carbocycles. The van der Waals surface area contributed by atoms with Gasteiger partial charge < -0.3 is 15.0 Å². The number of ether oxygens (including phenoxy) is 1. The van der Waals surface area contributed by atoms with Crippen molar-refractivity contribution in [2.24, 2.45) is 5.92 Å². The fraction of sp³-hybridized carbons (Fsp3) is 0.306. The predicted molar refractivity (Wildman–Crippen MR) is 174 cm³/mol. The Hall–Kier alpha value is -4.85. The van der Waals surface area contributed by atoms with Crippen molar-refractivity contribution in [3.05, 3.63) is 103 Å². The lowest BCUT2D eigenvalue weighted by atomic mass is 9.90. The third-order valence-corrected chi connectivity index (χ3v) is 7.81. The van der Waals surface area contributed by atoms with Crippen LogP contribution in [0.1, 0.15) is 44.9 Å². The summed E-state index contributed by atoms with van der Waals surface area (Å²) in [6.45, 7) is 7.65. The summed E-state index contributed by atoms with van der Waals surface area (Å²) in [4.78, 5) is 33.5. The number of aromatic nitrogens is 4. The highest BCUT2D eigenvalue weighted by Gasteiger charge is 2.27. The first-order valence-electron chi connectivity index (χ1n) is 15.2. The van der Waals surface area contributed by atoms with Crippen LogP contribution in [0.5, 0.6) is 0 Å². The molecule has 2 aromatic carbocycles. The molecule has 0 atom stereocenters. The molecule has 0 radical (unpaired) electrons. The Bertz CT molecular complexity index is 1730. The Kier molecular flexibility index (Phi) is 8.50. The van der Waals surface area contributed by atoms with Crippen LogP contribution < -0.4 is 5.32 Å². The molecule has 0 aliphatic carbocycles. The quantitative estimate of drug-likeness (QED) is 0.210. The van der Waals surface area contributed by atoms with Gasteiger partial charge >= 0.3 is 6.09 Å². The molecule has 1 fully saturated rings. The second-order valence-electron chi connectivity index (χ2n) is 12.3. The zero-order valence-electron chi connectivity index (χ0n) is 25.5. The molecule has 4 heterocycles. The number of nitrogens with zero attached hydrogens (tertiary/aromatic N) is 5. The number of piperidine rings is 1. The van der Waals surface area contributed by atoms with Crippen LogP contribution >= 0.6 is 0 Å². The number of likely N-dealkylation sites (tertiary alicyclic amines) is 1. The summed E-state index contributed by atoms with van der Waals surface area (Å²) in [6, 6.07) is 24.6. The van der Waals surface area contributed by atoms with Gasteiger partial charge in [0, 0.05) is 37.2 Å². The van der Waals surface area contributed by atoms with E-state index in [4.69, 9.17) is 14.7 Å². The molecule has 8 nitrogen and oxygen atoms in total. The zero-order chi connectivity index (χ0) is 30.5. The summed E-state index contributed by atoms with van der Waals surface area (Å²) in [6.07, 6.45) is 8.09. The minimum absolute atomic E-state index is 0.226. The Labute approximate surface area is 258 Å². The van der Waals surface area contributed by atoms with E-state index in [0.29, 0.717) is 31.4 Å². The topological polar surface area (TPSA) is 93.1 Å². The van der Waals surface area contributed by atoms with Gasteiger partial charge in [0.1, 0.15) is 11.4 Å². The highest BCUT2D eigenvalue weighted by atomic mass is 16.6. The maximum Gasteiger partial charge on any atom is 0.410 e. The van der Waals surface area contributed by atoms with Crippen LogP contribution in [0.25, 0.3) is 33.4 Å². The Morgan fingerprint density at radius 2 is 1.73 bits per heavy atom. The molecule has 1 aliphatic rings. The number of hydrogen-bond acceptors (Lipinski definition) is 7. The number of hydrogen-bond donors (Lipinski definition) is 1. The van der Waals surface area contributed by atoms with Crippen LogP contribution in [0.15, 0.2) is 91.4 Å². The van der Waals surface area contributed by atoms with E-state index in [1.54, 1.807) is 6.20 Å². The molecule has 1 saturated heterocycles. The van der Waals surface area contributed by atoms with Crippen LogP contribution in [-0.2, 0) is 17.7 Å². The van der Waals surface area contributed by atoms with Gasteiger partial charge in [-0.05, 0) is 86.9 Å². The molecule has 6 rings (SSSR count).